The van der Waals surface area contributed by atoms with Gasteiger partial charge >= 0.3 is 5.97 Å². The summed E-state index contributed by atoms with van der Waals surface area (Å²) in [5.74, 6) is -0.852. The Kier molecular flexibility index (Phi) is 5.85. The van der Waals surface area contributed by atoms with Gasteiger partial charge in [-0.25, -0.2) is 9.78 Å². The van der Waals surface area contributed by atoms with Gasteiger partial charge in [-0.3, -0.25) is 4.79 Å². The highest BCUT2D eigenvalue weighted by molar-refractivity contribution is 6.12. The van der Waals surface area contributed by atoms with Crippen LogP contribution in [0.1, 0.15) is 32.0 Å². The van der Waals surface area contributed by atoms with Crippen molar-refractivity contribution in [3.8, 4) is 5.75 Å². The summed E-state index contributed by atoms with van der Waals surface area (Å²) in [4.78, 5) is 28.4. The van der Waals surface area contributed by atoms with Crippen LogP contribution in [0.25, 0.3) is 17.0 Å². The highest BCUT2D eigenvalue weighted by Gasteiger charge is 2.13. The summed E-state index contributed by atoms with van der Waals surface area (Å²) in [5, 5.41) is 10.3. The molecule has 0 aliphatic rings. The van der Waals surface area contributed by atoms with E-state index in [0.29, 0.717) is 12.4 Å². The predicted molar refractivity (Wildman–Crippen MR) is 119 cm³/mol. The minimum atomic E-state index is -1.13. The Labute approximate surface area is 179 Å². The number of hydrogen-bond acceptors (Lipinski definition) is 4. The maximum absolute atomic E-state index is 12.5. The van der Waals surface area contributed by atoms with Crippen molar-refractivity contribution in [1.82, 2.24) is 4.98 Å². The second-order valence-electron chi connectivity index (χ2n) is 6.90. The van der Waals surface area contributed by atoms with Gasteiger partial charge in [-0.1, -0.05) is 60.7 Å². The number of carbonyl (C=O) groups is 2. The molecule has 5 nitrogen and oxygen atoms in total. The van der Waals surface area contributed by atoms with Gasteiger partial charge in [0.2, 0.25) is 0 Å². The number of carboxylic acid groups (broad SMARTS) is 1. The zero-order valence-corrected chi connectivity index (χ0v) is 16.6. The van der Waals surface area contributed by atoms with E-state index in [4.69, 9.17) is 4.74 Å². The number of nitrogens with zero attached hydrogens (tertiary/aromatic N) is 1. The molecule has 0 aliphatic carbocycles. The second-order valence-corrected chi connectivity index (χ2v) is 6.90. The molecule has 1 N–H and O–H groups in total. The molecule has 5 heteroatoms. The number of aromatic nitrogens is 1. The van der Waals surface area contributed by atoms with E-state index < -0.39 is 5.97 Å². The van der Waals surface area contributed by atoms with Crippen molar-refractivity contribution in [3.05, 3.63) is 113 Å². The lowest BCUT2D eigenvalue weighted by atomic mass is 10.0. The third-order valence-electron chi connectivity index (χ3n) is 4.75. The van der Waals surface area contributed by atoms with Gasteiger partial charge in [-0.2, -0.15) is 0 Å². The summed E-state index contributed by atoms with van der Waals surface area (Å²) in [5.41, 5.74) is 2.64. The molecule has 0 saturated heterocycles. The van der Waals surface area contributed by atoms with Crippen molar-refractivity contribution in [2.24, 2.45) is 0 Å². The van der Waals surface area contributed by atoms with E-state index in [1.54, 1.807) is 18.2 Å². The van der Waals surface area contributed by atoms with E-state index in [1.807, 2.05) is 60.7 Å². The number of fused-ring (bicyclic) bond motifs is 1. The van der Waals surface area contributed by atoms with Crippen molar-refractivity contribution in [2.45, 2.75) is 6.61 Å². The summed E-state index contributed by atoms with van der Waals surface area (Å²) in [7, 11) is 0. The number of carbonyl (C=O) groups excluding carboxylic acids is 1. The van der Waals surface area contributed by atoms with Gasteiger partial charge in [0.1, 0.15) is 12.4 Å². The minimum Gasteiger partial charge on any atom is -0.487 e. The van der Waals surface area contributed by atoms with Gasteiger partial charge in [-0.05, 0) is 42.0 Å². The number of aromatic carboxylic acids is 1. The zero-order chi connectivity index (χ0) is 21.6. The lowest BCUT2D eigenvalue weighted by Crippen LogP contribution is -2.06. The summed E-state index contributed by atoms with van der Waals surface area (Å²) in [6.07, 6.45) is 3.01. The van der Waals surface area contributed by atoms with E-state index in [1.165, 1.54) is 18.2 Å². The number of carboxylic acids is 1. The second kappa shape index (κ2) is 9.05. The fraction of sp³-hybridized carbons (Fsp3) is 0.0385. The SMILES string of the molecule is O=C(O)c1ccccc1C(=O)/C=C/c1cccc(OCc2ccc3ccccc3n2)c1. The van der Waals surface area contributed by atoms with Crippen LogP contribution in [-0.2, 0) is 6.61 Å². The van der Waals surface area contributed by atoms with Gasteiger partial charge in [0.15, 0.2) is 5.78 Å². The lowest BCUT2D eigenvalue weighted by molar-refractivity contribution is 0.0693. The highest BCUT2D eigenvalue weighted by atomic mass is 16.5. The monoisotopic (exact) mass is 409 g/mol. The van der Waals surface area contributed by atoms with Crippen molar-refractivity contribution in [3.63, 3.8) is 0 Å². The average Bonchev–Trinajstić information content (AvgIpc) is 2.81. The molecular formula is C26H19NO4. The lowest BCUT2D eigenvalue weighted by Gasteiger charge is -2.07. The molecule has 0 amide bonds. The Morgan fingerprint density at radius 2 is 1.65 bits per heavy atom. The van der Waals surface area contributed by atoms with Crippen LogP contribution in [0.4, 0.5) is 0 Å². The maximum atomic E-state index is 12.5. The Morgan fingerprint density at radius 3 is 2.48 bits per heavy atom. The smallest absolute Gasteiger partial charge is 0.336 e. The number of allylic oxidation sites excluding steroid dienone is 1. The Bertz CT molecular complexity index is 1290. The molecule has 4 rings (SSSR count). The van der Waals surface area contributed by atoms with Gasteiger partial charge in [-0.15, -0.1) is 0 Å². The molecule has 0 atom stereocenters. The van der Waals surface area contributed by atoms with Gasteiger partial charge in [0.05, 0.1) is 16.8 Å². The van der Waals surface area contributed by atoms with E-state index in [0.717, 1.165) is 22.2 Å². The molecule has 0 unspecified atom stereocenters. The molecule has 0 bridgehead atoms. The van der Waals surface area contributed by atoms with E-state index in [2.05, 4.69) is 4.98 Å². The van der Waals surface area contributed by atoms with Crippen molar-refractivity contribution in [1.29, 1.82) is 0 Å². The van der Waals surface area contributed by atoms with Crippen LogP contribution in [0.5, 0.6) is 5.75 Å². The third-order valence-corrected chi connectivity index (χ3v) is 4.75. The van der Waals surface area contributed by atoms with E-state index >= 15 is 0 Å². The van der Waals surface area contributed by atoms with Gasteiger partial charge in [0.25, 0.3) is 0 Å². The molecule has 0 spiro atoms. The Hall–Kier alpha value is -4.25. The van der Waals surface area contributed by atoms with Crippen LogP contribution in [0.15, 0.2) is 91.0 Å². The van der Waals surface area contributed by atoms with Crippen molar-refractivity contribution < 1.29 is 19.4 Å². The molecule has 3 aromatic carbocycles. The zero-order valence-electron chi connectivity index (χ0n) is 16.6. The summed E-state index contributed by atoms with van der Waals surface area (Å²) in [6.45, 7) is 0.322. The molecule has 0 aliphatic heterocycles. The number of pyridine rings is 1. The van der Waals surface area contributed by atoms with Crippen LogP contribution in [0.3, 0.4) is 0 Å². The standard InChI is InChI=1S/C26H19NO4/c28-25(22-9-2-3-10-23(22)26(29)30)15-12-18-6-5-8-21(16-18)31-17-20-14-13-19-7-1-4-11-24(19)27-20/h1-16H,17H2,(H,29,30)/b15-12+. The van der Waals surface area contributed by atoms with Crippen LogP contribution in [0.2, 0.25) is 0 Å². The Morgan fingerprint density at radius 1 is 0.871 bits per heavy atom. The average molecular weight is 409 g/mol. The van der Waals surface area contributed by atoms with E-state index in [-0.39, 0.29) is 16.9 Å². The van der Waals surface area contributed by atoms with E-state index in [9.17, 15) is 14.7 Å². The number of rotatable bonds is 7. The minimum absolute atomic E-state index is 0.0166. The fourth-order valence-electron chi connectivity index (χ4n) is 3.20. The van der Waals surface area contributed by atoms with Gasteiger partial charge < -0.3 is 9.84 Å². The summed E-state index contributed by atoms with van der Waals surface area (Å²) >= 11 is 0. The molecule has 1 aromatic heterocycles. The molecule has 152 valence electrons. The summed E-state index contributed by atoms with van der Waals surface area (Å²) in [6, 6.07) is 25.3. The number of ether oxygens (including phenoxy) is 1. The largest absolute Gasteiger partial charge is 0.487 e. The molecular weight excluding hydrogens is 390 g/mol. The highest BCUT2D eigenvalue weighted by Crippen LogP contribution is 2.18. The first-order chi connectivity index (χ1) is 15.1. The topological polar surface area (TPSA) is 76.5 Å². The first kappa shape index (κ1) is 20.0. The number of ketones is 1. The molecule has 4 aromatic rings. The van der Waals surface area contributed by atoms with Crippen LogP contribution < -0.4 is 4.74 Å². The van der Waals surface area contributed by atoms with Crippen LogP contribution in [-0.4, -0.2) is 21.8 Å². The molecule has 0 radical (unpaired) electrons. The quantitative estimate of drug-likeness (QED) is 0.326. The molecule has 31 heavy (non-hydrogen) atoms. The molecule has 0 fully saturated rings. The fourth-order valence-corrected chi connectivity index (χ4v) is 3.20. The molecule has 0 saturated carbocycles. The summed E-state index contributed by atoms with van der Waals surface area (Å²) < 4.78 is 5.86. The maximum Gasteiger partial charge on any atom is 0.336 e. The number of para-hydroxylation sites is 1. The van der Waals surface area contributed by atoms with Crippen molar-refractivity contribution >= 4 is 28.7 Å². The third kappa shape index (κ3) is 4.85. The van der Waals surface area contributed by atoms with Crippen LogP contribution in [0, 0.1) is 0 Å². The molecule has 1 heterocycles. The van der Waals surface area contributed by atoms with Crippen molar-refractivity contribution in [2.75, 3.05) is 0 Å². The first-order valence-corrected chi connectivity index (χ1v) is 9.72. The number of hydrogen-bond donors (Lipinski definition) is 1. The normalized spacial score (nSPS) is 11.0. The van der Waals surface area contributed by atoms with Crippen LogP contribution >= 0.6 is 0 Å². The number of benzene rings is 3. The Balaban J connectivity index is 1.45. The van der Waals surface area contributed by atoms with Gasteiger partial charge in [0, 0.05) is 10.9 Å². The first-order valence-electron chi connectivity index (χ1n) is 9.72. The predicted octanol–water partition coefficient (Wildman–Crippen LogP) is 5.41.